The lowest BCUT2D eigenvalue weighted by atomic mass is 9.78. The number of carbonyl (C=O) groups is 2. The van der Waals surface area contributed by atoms with Gasteiger partial charge in [-0.05, 0) is 62.3 Å². The third kappa shape index (κ3) is 12.1. The number of aliphatic hydroxyl groups is 8. The maximum absolute atomic E-state index is 14.1. The zero-order chi connectivity index (χ0) is 51.4. The van der Waals surface area contributed by atoms with Gasteiger partial charge in [0.05, 0.1) is 49.9 Å². The predicted molar refractivity (Wildman–Crippen MR) is 231 cm³/mol. The molecule has 0 amide bonds. The third-order valence-corrected chi connectivity index (χ3v) is 13.2. The number of nitrogens with zero attached hydrogens (tertiary/aromatic N) is 3. The van der Waals surface area contributed by atoms with E-state index in [1.54, 1.807) is 32.0 Å². The van der Waals surface area contributed by atoms with Crippen LogP contribution in [0.15, 0.2) is 48.7 Å². The van der Waals surface area contributed by atoms with E-state index in [4.69, 9.17) is 37.9 Å². The number of hydrogen-bond donors (Lipinski definition) is 9. The molecule has 1 aromatic heterocycles. The summed E-state index contributed by atoms with van der Waals surface area (Å²) < 4.78 is 91.6. The summed E-state index contributed by atoms with van der Waals surface area (Å²) in [5.41, 5.74) is -0.306. The first-order valence-corrected chi connectivity index (χ1v) is 23.3. The minimum Gasteiger partial charge on any atom is -0.479 e. The molecule has 71 heavy (non-hydrogen) atoms. The molecule has 12 unspecified atom stereocenters. The molecule has 9 N–H and O–H groups in total. The van der Waals surface area contributed by atoms with Crippen molar-refractivity contribution in [1.82, 2.24) is 15.0 Å². The number of aromatic nitrogens is 3. The topological polar surface area (TPSA) is 321 Å². The van der Waals surface area contributed by atoms with Crippen LogP contribution < -0.4 is 0 Å². The molecular formula is C46H60F3N3O19. The zero-order valence-corrected chi connectivity index (χ0v) is 38.7. The lowest BCUT2D eigenvalue weighted by molar-refractivity contribution is -0.350. The molecule has 4 aliphatic rings. The van der Waals surface area contributed by atoms with E-state index in [2.05, 4.69) is 10.3 Å². The largest absolute Gasteiger partial charge is 0.479 e. The minimum atomic E-state index is -1.77. The normalized spacial score (nSPS) is 37.1. The molecule has 25 heteroatoms. The van der Waals surface area contributed by atoms with Gasteiger partial charge in [0.2, 0.25) is 0 Å². The Morgan fingerprint density at radius 2 is 1.45 bits per heavy atom. The van der Waals surface area contributed by atoms with Gasteiger partial charge in [0, 0.05) is 5.56 Å². The van der Waals surface area contributed by atoms with Crippen molar-refractivity contribution in [2.45, 2.75) is 157 Å². The van der Waals surface area contributed by atoms with Crippen molar-refractivity contribution >= 4 is 11.9 Å². The molecule has 3 aliphatic heterocycles. The number of benzene rings is 2. The Bertz CT molecular complexity index is 2210. The summed E-state index contributed by atoms with van der Waals surface area (Å²) in [7, 11) is 0. The molecule has 1 saturated carbocycles. The lowest BCUT2D eigenvalue weighted by Gasteiger charge is -2.48. The van der Waals surface area contributed by atoms with E-state index in [0.717, 1.165) is 10.9 Å². The van der Waals surface area contributed by atoms with Crippen molar-refractivity contribution in [2.75, 3.05) is 19.8 Å². The number of carboxylic acid groups (broad SMARTS) is 1. The predicted octanol–water partition coefficient (Wildman–Crippen LogP) is -0.0547. The third-order valence-electron chi connectivity index (χ3n) is 13.2. The first kappa shape index (κ1) is 54.5. The van der Waals surface area contributed by atoms with Crippen molar-refractivity contribution in [1.29, 1.82) is 0 Å². The molecule has 7 rings (SSSR count). The summed E-state index contributed by atoms with van der Waals surface area (Å²) in [4.78, 5) is 26.1. The first-order valence-electron chi connectivity index (χ1n) is 23.3. The molecule has 0 spiro atoms. The van der Waals surface area contributed by atoms with Crippen LogP contribution in [0.3, 0.4) is 0 Å². The second-order valence-corrected chi connectivity index (χ2v) is 18.3. The number of esters is 1. The van der Waals surface area contributed by atoms with Gasteiger partial charge in [0.25, 0.3) is 0 Å². The van der Waals surface area contributed by atoms with Crippen molar-refractivity contribution in [3.63, 3.8) is 0 Å². The summed E-state index contributed by atoms with van der Waals surface area (Å²) in [5.74, 6) is -8.16. The second-order valence-electron chi connectivity index (χ2n) is 18.3. The SMILES string of the molecule is CCC[C@H](OC1C(OC(=O)c2ccccc2)[C@H](O[C@@H]2CC(CO[C@H]3OC(CO)[C@@H](O)C(n4cc(-c5cc(F)c(F)c(F)c5)nn4)C3O)CC(C)C2O[C@@H]2OC(C)[C@@H](O)C(O)C2O)OC(CO)[C@@H]1O)C(=O)O. The van der Waals surface area contributed by atoms with E-state index in [0.29, 0.717) is 18.6 Å². The second kappa shape index (κ2) is 23.7. The zero-order valence-electron chi connectivity index (χ0n) is 38.7. The van der Waals surface area contributed by atoms with Crippen LogP contribution in [0.25, 0.3) is 11.3 Å². The maximum Gasteiger partial charge on any atom is 0.338 e. The lowest BCUT2D eigenvalue weighted by Crippen LogP contribution is -2.64. The molecule has 20 atom stereocenters. The van der Waals surface area contributed by atoms with Crippen LogP contribution in [0.4, 0.5) is 13.2 Å². The quantitative estimate of drug-likeness (QED) is 0.0596. The summed E-state index contributed by atoms with van der Waals surface area (Å²) in [5, 5.41) is 105. The van der Waals surface area contributed by atoms with Crippen LogP contribution in [0.1, 0.15) is 62.9 Å². The van der Waals surface area contributed by atoms with Crippen LogP contribution in [0.2, 0.25) is 0 Å². The Morgan fingerprint density at radius 1 is 0.789 bits per heavy atom. The fourth-order valence-corrected chi connectivity index (χ4v) is 9.44. The number of rotatable bonds is 18. The van der Waals surface area contributed by atoms with Gasteiger partial charge in [0.1, 0.15) is 66.7 Å². The average Bonchev–Trinajstić information content (AvgIpc) is 3.83. The number of aliphatic carboxylic acids is 1. The van der Waals surface area contributed by atoms with E-state index in [1.807, 2.05) is 0 Å². The number of ether oxygens (including phenoxy) is 8. The molecule has 22 nitrogen and oxygen atoms in total. The molecule has 0 radical (unpaired) electrons. The summed E-state index contributed by atoms with van der Waals surface area (Å²) in [6.45, 7) is 3.05. The Hall–Kier alpha value is -4.29. The van der Waals surface area contributed by atoms with Crippen LogP contribution in [-0.4, -0.2) is 197 Å². The van der Waals surface area contributed by atoms with Gasteiger partial charge in [-0.2, -0.15) is 0 Å². The van der Waals surface area contributed by atoms with Crippen molar-refractivity contribution in [3.8, 4) is 11.3 Å². The number of carbonyl (C=O) groups excluding carboxylic acids is 1. The molecule has 0 bridgehead atoms. The van der Waals surface area contributed by atoms with Gasteiger partial charge < -0.3 is 83.9 Å². The number of carboxylic acids is 1. The highest BCUT2D eigenvalue weighted by molar-refractivity contribution is 5.89. The number of hydrogen-bond acceptors (Lipinski definition) is 20. The van der Waals surface area contributed by atoms with Gasteiger partial charge in [-0.25, -0.2) is 27.4 Å². The standard InChI is InChI=1S/C46H60F3N3O19/c1-4-8-27(42(61)62)66-40-35(57)30(17-54)69-46(41(40)70-43(63)22-9-6-5-7-10-22)67-28-12-21(11-19(2)39(28)71-45-38(60)37(59)33(55)20(3)65-45)18-64-44-36(58)32(34(56)29(16-53)68-44)52-15-26(50-51-52)23-13-24(47)31(49)25(48)14-23/h5-7,9-10,13-15,19-21,27-30,32-41,44-46,53-60H,4,8,11-12,16-18H2,1-3H3,(H,61,62)/t19?,20?,21?,27-,28+,29?,30?,32?,33+,34+,35-,36?,37?,38?,39?,40?,41?,44-,45-,46+/m0/s1. The van der Waals surface area contributed by atoms with Crippen molar-refractivity contribution in [3.05, 3.63) is 71.7 Å². The first-order chi connectivity index (χ1) is 33.8. The van der Waals surface area contributed by atoms with Crippen LogP contribution in [-0.2, 0) is 42.7 Å². The molecule has 3 aromatic rings. The van der Waals surface area contributed by atoms with E-state index < -0.39 is 165 Å². The van der Waals surface area contributed by atoms with Crippen LogP contribution >= 0.6 is 0 Å². The Balaban J connectivity index is 1.17. The molecule has 1 aliphatic carbocycles. The fourth-order valence-electron chi connectivity index (χ4n) is 9.44. The summed E-state index contributed by atoms with van der Waals surface area (Å²) in [6.07, 6.45) is -24.3. The Labute approximate surface area is 404 Å². The fraction of sp³-hybridized carbons (Fsp3) is 0.652. The van der Waals surface area contributed by atoms with Crippen molar-refractivity contribution in [2.24, 2.45) is 11.8 Å². The molecule has 2 aromatic carbocycles. The Kier molecular flexibility index (Phi) is 18.2. The number of aliphatic hydroxyl groups excluding tert-OH is 8. The highest BCUT2D eigenvalue weighted by Crippen LogP contribution is 2.40. The van der Waals surface area contributed by atoms with Gasteiger partial charge >= 0.3 is 11.9 Å². The summed E-state index contributed by atoms with van der Waals surface area (Å²) in [6, 6.07) is 7.61. The van der Waals surface area contributed by atoms with Crippen molar-refractivity contribution < 1.29 is 107 Å². The van der Waals surface area contributed by atoms with E-state index in [9.17, 15) is 68.7 Å². The van der Waals surface area contributed by atoms with Gasteiger partial charge in [-0.3, -0.25) is 0 Å². The van der Waals surface area contributed by atoms with Gasteiger partial charge in [-0.15, -0.1) is 5.10 Å². The molecule has 394 valence electrons. The highest BCUT2D eigenvalue weighted by atomic mass is 19.2. The van der Waals surface area contributed by atoms with Crippen LogP contribution in [0, 0.1) is 29.3 Å². The molecule has 4 fully saturated rings. The maximum atomic E-state index is 14.1. The summed E-state index contributed by atoms with van der Waals surface area (Å²) >= 11 is 0. The highest BCUT2D eigenvalue weighted by Gasteiger charge is 2.54. The molecular weight excluding hydrogens is 956 g/mol. The van der Waals surface area contributed by atoms with E-state index >= 15 is 0 Å². The van der Waals surface area contributed by atoms with Gasteiger partial charge in [-0.1, -0.05) is 43.7 Å². The van der Waals surface area contributed by atoms with E-state index in [-0.39, 0.29) is 42.7 Å². The van der Waals surface area contributed by atoms with E-state index in [1.165, 1.54) is 19.1 Å². The monoisotopic (exact) mass is 1020 g/mol. The minimum absolute atomic E-state index is 0.0228. The smallest absolute Gasteiger partial charge is 0.338 e. The van der Waals surface area contributed by atoms with Crippen LogP contribution in [0.5, 0.6) is 0 Å². The van der Waals surface area contributed by atoms with Gasteiger partial charge in [0.15, 0.2) is 48.5 Å². The Morgan fingerprint density at radius 3 is 2.10 bits per heavy atom. The number of halogens is 3. The molecule has 4 heterocycles. The molecule has 3 saturated heterocycles. The average molecular weight is 1020 g/mol.